The Hall–Kier alpha value is -2.29. The lowest BCUT2D eigenvalue weighted by Gasteiger charge is -2.25. The monoisotopic (exact) mass is 328 g/mol. The van der Waals surface area contributed by atoms with E-state index in [0.29, 0.717) is 18.9 Å². The van der Waals surface area contributed by atoms with Crippen LogP contribution in [0.4, 0.5) is 0 Å². The number of piperidine rings is 1. The van der Waals surface area contributed by atoms with Gasteiger partial charge in [0.05, 0.1) is 6.07 Å². The van der Waals surface area contributed by atoms with Crippen molar-refractivity contribution in [2.24, 2.45) is 11.8 Å². The normalized spacial score (nSPS) is 23.0. The summed E-state index contributed by atoms with van der Waals surface area (Å²) in [5.74, 6) is 0.293. The molecule has 0 aromatic carbocycles. The zero-order chi connectivity index (χ0) is 16.9. The second-order valence-corrected chi connectivity index (χ2v) is 6.88. The highest BCUT2D eigenvalue weighted by Gasteiger charge is 2.32. The lowest BCUT2D eigenvalue weighted by Crippen LogP contribution is -2.43. The van der Waals surface area contributed by atoms with Gasteiger partial charge in [-0.3, -0.25) is 9.59 Å². The molecule has 0 radical (unpaired) electrons. The third-order valence-corrected chi connectivity index (χ3v) is 4.94. The summed E-state index contributed by atoms with van der Waals surface area (Å²) in [5, 5.41) is 15.1. The van der Waals surface area contributed by atoms with Crippen LogP contribution in [0.3, 0.4) is 0 Å². The second kappa shape index (κ2) is 7.52. The van der Waals surface area contributed by atoms with Gasteiger partial charge in [0.25, 0.3) is 0 Å². The molecule has 3 rings (SSSR count). The molecule has 1 aliphatic carbocycles. The Morgan fingerprint density at radius 2 is 2.08 bits per heavy atom. The molecule has 2 N–H and O–H groups in total. The van der Waals surface area contributed by atoms with Crippen LogP contribution in [0.15, 0.2) is 24.5 Å². The van der Waals surface area contributed by atoms with Crippen LogP contribution < -0.4 is 10.6 Å². The molecular weight excluding hydrogens is 304 g/mol. The predicted molar refractivity (Wildman–Crippen MR) is 88.7 cm³/mol. The van der Waals surface area contributed by atoms with Gasteiger partial charge in [-0.1, -0.05) is 12.8 Å². The summed E-state index contributed by atoms with van der Waals surface area (Å²) in [6.07, 6.45) is 9.03. The Kier molecular flexibility index (Phi) is 5.19. The maximum Gasteiger partial charge on any atom is 0.244 e. The van der Waals surface area contributed by atoms with E-state index >= 15 is 0 Å². The molecule has 24 heavy (non-hydrogen) atoms. The van der Waals surface area contributed by atoms with Gasteiger partial charge < -0.3 is 15.2 Å². The van der Waals surface area contributed by atoms with E-state index in [4.69, 9.17) is 0 Å². The number of nitrogens with zero attached hydrogens (tertiary/aromatic N) is 2. The number of carbonyl (C=O) groups is 2. The van der Waals surface area contributed by atoms with E-state index in [1.807, 2.05) is 29.1 Å². The summed E-state index contributed by atoms with van der Waals surface area (Å²) < 4.78 is 1.91. The van der Waals surface area contributed by atoms with Gasteiger partial charge in [-0.15, -0.1) is 0 Å². The maximum absolute atomic E-state index is 12.7. The topological polar surface area (TPSA) is 86.9 Å². The minimum Gasteiger partial charge on any atom is -0.356 e. The molecule has 128 valence electrons. The number of aromatic nitrogens is 1. The molecule has 2 amide bonds. The maximum atomic E-state index is 12.7. The molecule has 1 aromatic heterocycles. The summed E-state index contributed by atoms with van der Waals surface area (Å²) in [7, 11) is 0. The molecule has 3 unspecified atom stereocenters. The number of carbonyl (C=O) groups excluding carboxylic acids is 2. The second-order valence-electron chi connectivity index (χ2n) is 6.88. The van der Waals surface area contributed by atoms with Gasteiger partial charge in [-0.05, 0) is 43.7 Å². The molecule has 6 nitrogen and oxygen atoms in total. The Balaban J connectivity index is 1.61. The average molecular weight is 328 g/mol. The number of rotatable bonds is 7. The molecule has 1 saturated carbocycles. The molecule has 6 heteroatoms. The average Bonchev–Trinajstić information content (AvgIpc) is 3.25. The van der Waals surface area contributed by atoms with Crippen LogP contribution in [-0.4, -0.2) is 29.0 Å². The molecule has 2 fully saturated rings. The van der Waals surface area contributed by atoms with Gasteiger partial charge in [-0.2, -0.15) is 5.26 Å². The van der Waals surface area contributed by atoms with Gasteiger partial charge >= 0.3 is 0 Å². The first-order chi connectivity index (χ1) is 11.7. The van der Waals surface area contributed by atoms with Crippen LogP contribution in [-0.2, 0) is 9.59 Å². The number of hydrogen-bond acceptors (Lipinski definition) is 3. The van der Waals surface area contributed by atoms with Crippen molar-refractivity contribution in [1.29, 1.82) is 5.26 Å². The fraction of sp³-hybridized carbons (Fsp3) is 0.611. The van der Waals surface area contributed by atoms with E-state index in [0.717, 1.165) is 19.3 Å². The first kappa shape index (κ1) is 16.6. The van der Waals surface area contributed by atoms with Crippen molar-refractivity contribution in [3.05, 3.63) is 24.5 Å². The van der Waals surface area contributed by atoms with Gasteiger partial charge in [0.1, 0.15) is 12.1 Å². The Morgan fingerprint density at radius 1 is 1.33 bits per heavy atom. The first-order valence-electron chi connectivity index (χ1n) is 8.77. The molecule has 3 atom stereocenters. The van der Waals surface area contributed by atoms with Crippen LogP contribution in [0, 0.1) is 23.2 Å². The van der Waals surface area contributed by atoms with Crippen molar-refractivity contribution in [2.45, 2.75) is 50.6 Å². The van der Waals surface area contributed by atoms with E-state index in [2.05, 4.69) is 16.7 Å². The zero-order valence-corrected chi connectivity index (χ0v) is 13.8. The fourth-order valence-electron chi connectivity index (χ4n) is 3.35. The van der Waals surface area contributed by atoms with Crippen molar-refractivity contribution in [2.75, 3.05) is 6.54 Å². The van der Waals surface area contributed by atoms with Gasteiger partial charge in [0.2, 0.25) is 11.8 Å². The number of hydrogen-bond donors (Lipinski definition) is 2. The van der Waals surface area contributed by atoms with Crippen molar-refractivity contribution in [3.8, 4) is 6.07 Å². The van der Waals surface area contributed by atoms with E-state index in [1.54, 1.807) is 0 Å². The number of nitriles is 1. The van der Waals surface area contributed by atoms with Crippen LogP contribution in [0.5, 0.6) is 0 Å². The predicted octanol–water partition coefficient (Wildman–Crippen LogP) is 1.75. The highest BCUT2D eigenvalue weighted by atomic mass is 16.2. The highest BCUT2D eigenvalue weighted by molar-refractivity contribution is 5.82. The lowest BCUT2D eigenvalue weighted by molar-refractivity contribution is -0.128. The summed E-state index contributed by atoms with van der Waals surface area (Å²) in [5.41, 5.74) is 0. The van der Waals surface area contributed by atoms with Crippen LogP contribution >= 0.6 is 0 Å². The minimum absolute atomic E-state index is 0.00399. The molecule has 1 aliphatic heterocycles. The van der Waals surface area contributed by atoms with E-state index in [1.165, 1.54) is 12.8 Å². The molecular formula is C18H24N4O2. The third kappa shape index (κ3) is 4.16. The summed E-state index contributed by atoms with van der Waals surface area (Å²) in [4.78, 5) is 24.6. The van der Waals surface area contributed by atoms with Gasteiger partial charge in [0.15, 0.2) is 0 Å². The van der Waals surface area contributed by atoms with E-state index in [-0.39, 0.29) is 23.8 Å². The van der Waals surface area contributed by atoms with Gasteiger partial charge in [-0.25, -0.2) is 0 Å². The summed E-state index contributed by atoms with van der Waals surface area (Å²) in [6, 6.07) is 5.06. The van der Waals surface area contributed by atoms with Crippen molar-refractivity contribution in [3.63, 3.8) is 0 Å². The number of nitrogens with one attached hydrogen (secondary N) is 2. The molecule has 1 saturated heterocycles. The van der Waals surface area contributed by atoms with Crippen LogP contribution in [0.25, 0.3) is 0 Å². The first-order valence-corrected chi connectivity index (χ1v) is 8.77. The van der Waals surface area contributed by atoms with E-state index in [9.17, 15) is 14.9 Å². The third-order valence-electron chi connectivity index (χ3n) is 4.94. The highest BCUT2D eigenvalue weighted by Crippen LogP contribution is 2.37. The van der Waals surface area contributed by atoms with Crippen molar-refractivity contribution >= 4 is 11.8 Å². The zero-order valence-electron chi connectivity index (χ0n) is 13.8. The molecule has 2 aliphatic rings. The van der Waals surface area contributed by atoms with E-state index < -0.39 is 6.04 Å². The Labute approximate surface area is 142 Å². The van der Waals surface area contributed by atoms with Crippen molar-refractivity contribution in [1.82, 2.24) is 15.2 Å². The van der Waals surface area contributed by atoms with Gasteiger partial charge in [0, 0.05) is 24.9 Å². The Morgan fingerprint density at radius 3 is 2.71 bits per heavy atom. The minimum atomic E-state index is -0.622. The van der Waals surface area contributed by atoms with Crippen LogP contribution in [0.2, 0.25) is 0 Å². The lowest BCUT2D eigenvalue weighted by atomic mass is 9.92. The fourth-order valence-corrected chi connectivity index (χ4v) is 3.35. The quantitative estimate of drug-likeness (QED) is 0.799. The largest absolute Gasteiger partial charge is 0.356 e. The molecule has 0 spiro atoms. The molecule has 2 heterocycles. The number of amides is 2. The Bertz CT molecular complexity index is 615. The standard InChI is InChI=1S/C18H24N4O2/c19-12-15(11-14-4-3-7-20-17(14)23)21-18(24)16(10-13-5-6-13)22-8-1-2-9-22/h1-2,8-9,13-16H,3-7,10-11H2,(H,20,23)(H,21,24). The molecule has 0 bridgehead atoms. The molecule has 1 aromatic rings. The van der Waals surface area contributed by atoms with Crippen LogP contribution in [0.1, 0.15) is 44.6 Å². The van der Waals surface area contributed by atoms with Crippen molar-refractivity contribution < 1.29 is 9.59 Å². The summed E-state index contributed by atoms with van der Waals surface area (Å²) in [6.45, 7) is 0.704. The SMILES string of the molecule is N#CC(CC1CCCNC1=O)NC(=O)C(CC1CC1)n1cccc1. The smallest absolute Gasteiger partial charge is 0.244 e. The summed E-state index contributed by atoms with van der Waals surface area (Å²) >= 11 is 0.